The number of ether oxygens (including phenoxy) is 1. The Labute approximate surface area is 219 Å². The normalized spacial score (nSPS) is 18.8. The lowest BCUT2D eigenvalue weighted by Crippen LogP contribution is -2.41. The van der Waals surface area contributed by atoms with Crippen LogP contribution in [0.1, 0.15) is 45.2 Å². The van der Waals surface area contributed by atoms with Crippen molar-refractivity contribution in [3.05, 3.63) is 75.1 Å². The molecule has 3 aromatic heterocycles. The van der Waals surface area contributed by atoms with Crippen LogP contribution in [0.5, 0.6) is 5.88 Å². The third-order valence-corrected chi connectivity index (χ3v) is 7.07. The van der Waals surface area contributed by atoms with Gasteiger partial charge >= 0.3 is 5.69 Å². The smallest absolute Gasteiger partial charge is 0.332 e. The van der Waals surface area contributed by atoms with Crippen LogP contribution in [-0.4, -0.2) is 47.7 Å². The molecule has 0 bridgehead atoms. The van der Waals surface area contributed by atoms with Crippen LogP contribution in [0.2, 0.25) is 0 Å². The van der Waals surface area contributed by atoms with Crippen molar-refractivity contribution in [2.75, 3.05) is 13.2 Å². The second-order valence-electron chi connectivity index (χ2n) is 10.3. The van der Waals surface area contributed by atoms with Crippen LogP contribution in [0, 0.1) is 5.92 Å². The summed E-state index contributed by atoms with van der Waals surface area (Å²) in [5, 5.41) is 9.37. The highest BCUT2D eigenvalue weighted by Crippen LogP contribution is 2.47. The summed E-state index contributed by atoms with van der Waals surface area (Å²) in [5.41, 5.74) is -0.136. The summed E-state index contributed by atoms with van der Waals surface area (Å²) in [6, 6.07) is 12.9. The van der Waals surface area contributed by atoms with Gasteiger partial charge < -0.3 is 14.4 Å². The monoisotopic (exact) mass is 521 g/mol. The van der Waals surface area contributed by atoms with Gasteiger partial charge in [0.2, 0.25) is 5.88 Å². The summed E-state index contributed by atoms with van der Waals surface area (Å²) in [5.74, 6) is 0.515. The average molecular weight is 522 g/mol. The molecule has 1 aliphatic rings. The minimum absolute atomic E-state index is 0.0906. The molecule has 1 aliphatic carbocycles. The van der Waals surface area contributed by atoms with E-state index in [9.17, 15) is 19.1 Å². The van der Waals surface area contributed by atoms with E-state index in [-0.39, 0.29) is 49.3 Å². The van der Waals surface area contributed by atoms with Gasteiger partial charge in [0.1, 0.15) is 11.5 Å². The zero-order valence-corrected chi connectivity index (χ0v) is 21.8. The first kappa shape index (κ1) is 25.8. The molecule has 2 atom stereocenters. The van der Waals surface area contributed by atoms with Crippen molar-refractivity contribution in [1.82, 2.24) is 23.7 Å². The quantitative estimate of drug-likeness (QED) is 0.342. The molecular weight excluding hydrogens is 489 g/mol. The Balaban J connectivity index is 1.74. The highest BCUT2D eigenvalue weighted by atomic mass is 19.1. The van der Waals surface area contributed by atoms with Gasteiger partial charge in [-0.1, -0.05) is 30.3 Å². The Hall–Kier alpha value is -3.79. The lowest BCUT2D eigenvalue weighted by Gasteiger charge is -2.15. The largest absolute Gasteiger partial charge is 0.477 e. The third-order valence-electron chi connectivity index (χ3n) is 7.07. The summed E-state index contributed by atoms with van der Waals surface area (Å²) < 4.78 is 24.6. The van der Waals surface area contributed by atoms with Gasteiger partial charge in [0.15, 0.2) is 11.2 Å². The number of rotatable bonds is 10. The molecule has 1 fully saturated rings. The van der Waals surface area contributed by atoms with Gasteiger partial charge in [-0.25, -0.2) is 19.2 Å². The fraction of sp³-hybridized carbons (Fsp3) is 0.429. The van der Waals surface area contributed by atoms with Crippen molar-refractivity contribution >= 4 is 11.2 Å². The number of fused-ring (bicyclic) bond motifs is 1. The molecular formula is C28H32FN5O4. The molecule has 0 amide bonds. The molecule has 4 aromatic rings. The van der Waals surface area contributed by atoms with Gasteiger partial charge in [-0.2, -0.15) is 0 Å². The second-order valence-corrected chi connectivity index (χ2v) is 10.3. The first-order valence-corrected chi connectivity index (χ1v) is 12.9. The average Bonchev–Trinajstić information content (AvgIpc) is 3.35. The van der Waals surface area contributed by atoms with Crippen LogP contribution >= 0.6 is 0 Å². The van der Waals surface area contributed by atoms with E-state index in [1.54, 1.807) is 29.8 Å². The van der Waals surface area contributed by atoms with Crippen molar-refractivity contribution in [1.29, 1.82) is 0 Å². The number of pyridine rings is 1. The molecule has 5 rings (SSSR count). The highest BCUT2D eigenvalue weighted by Gasteiger charge is 2.51. The Morgan fingerprint density at radius 3 is 2.55 bits per heavy atom. The number of imidazole rings is 1. The van der Waals surface area contributed by atoms with E-state index >= 15 is 0 Å². The Kier molecular flexibility index (Phi) is 6.92. The van der Waals surface area contributed by atoms with Gasteiger partial charge in [0.05, 0.1) is 12.2 Å². The van der Waals surface area contributed by atoms with E-state index in [1.165, 1.54) is 9.13 Å². The van der Waals surface area contributed by atoms with E-state index in [0.717, 1.165) is 5.56 Å². The van der Waals surface area contributed by atoms with Gasteiger partial charge in [0.25, 0.3) is 5.56 Å². The first-order valence-electron chi connectivity index (χ1n) is 12.9. The maximum absolute atomic E-state index is 14.2. The van der Waals surface area contributed by atoms with Crippen LogP contribution < -0.4 is 16.0 Å². The highest BCUT2D eigenvalue weighted by molar-refractivity contribution is 5.78. The number of benzene rings is 1. The van der Waals surface area contributed by atoms with E-state index in [4.69, 9.17) is 9.72 Å². The maximum Gasteiger partial charge on any atom is 0.332 e. The molecule has 200 valence electrons. The Bertz CT molecular complexity index is 1570. The van der Waals surface area contributed by atoms with E-state index in [1.807, 2.05) is 44.2 Å². The summed E-state index contributed by atoms with van der Waals surface area (Å²) in [7, 11) is 0. The number of aliphatic hydroxyl groups excluding tert-OH is 1. The van der Waals surface area contributed by atoms with Crippen LogP contribution in [0.25, 0.3) is 22.6 Å². The number of aliphatic hydroxyl groups is 1. The van der Waals surface area contributed by atoms with Crippen molar-refractivity contribution in [2.45, 2.75) is 58.4 Å². The molecule has 2 unspecified atom stereocenters. The van der Waals surface area contributed by atoms with Crippen molar-refractivity contribution < 1.29 is 14.2 Å². The number of hydrogen-bond acceptors (Lipinski definition) is 6. The van der Waals surface area contributed by atoms with Gasteiger partial charge in [-0.15, -0.1) is 0 Å². The van der Waals surface area contributed by atoms with E-state index in [0.29, 0.717) is 30.2 Å². The summed E-state index contributed by atoms with van der Waals surface area (Å²) in [6.07, 6.45) is 2.31. The SMILES string of the molecule is CC(C)n1c(=O)n(CCCO)c(=O)c2c1nc(-c1cccnc1OCC1CC1(C)F)n2Cc1ccccc1. The topological polar surface area (TPSA) is 104 Å². The molecule has 1 aromatic carbocycles. The minimum atomic E-state index is -1.23. The number of nitrogens with zero attached hydrogens (tertiary/aromatic N) is 5. The van der Waals surface area contributed by atoms with E-state index in [2.05, 4.69) is 4.98 Å². The summed E-state index contributed by atoms with van der Waals surface area (Å²) in [6.45, 7) is 5.73. The fourth-order valence-corrected chi connectivity index (χ4v) is 4.78. The number of alkyl halides is 1. The molecule has 0 radical (unpaired) electrons. The molecule has 9 nitrogen and oxygen atoms in total. The van der Waals surface area contributed by atoms with E-state index < -0.39 is 16.9 Å². The maximum atomic E-state index is 14.2. The van der Waals surface area contributed by atoms with Crippen molar-refractivity contribution in [3.8, 4) is 17.3 Å². The Morgan fingerprint density at radius 1 is 1.16 bits per heavy atom. The molecule has 38 heavy (non-hydrogen) atoms. The zero-order valence-electron chi connectivity index (χ0n) is 21.8. The molecule has 0 aliphatic heterocycles. The lowest BCUT2D eigenvalue weighted by atomic mass is 10.2. The van der Waals surface area contributed by atoms with Crippen molar-refractivity contribution in [3.63, 3.8) is 0 Å². The van der Waals surface area contributed by atoms with Crippen LogP contribution in [0.3, 0.4) is 0 Å². The first-order chi connectivity index (χ1) is 18.2. The molecule has 0 saturated heterocycles. The van der Waals surface area contributed by atoms with Crippen LogP contribution in [-0.2, 0) is 13.1 Å². The van der Waals surface area contributed by atoms with Gasteiger partial charge in [-0.3, -0.25) is 13.9 Å². The van der Waals surface area contributed by atoms with Crippen LogP contribution in [0.15, 0.2) is 58.3 Å². The molecule has 1 saturated carbocycles. The number of halogens is 1. The zero-order chi connectivity index (χ0) is 27.0. The predicted molar refractivity (Wildman–Crippen MR) is 142 cm³/mol. The molecule has 1 N–H and O–H groups in total. The second kappa shape index (κ2) is 10.2. The molecule has 0 spiro atoms. The standard InChI is InChI=1S/C28H32FN5O4/c1-18(2)34-24-22(26(36)32(27(34)37)13-8-14-35)33(16-19-9-5-4-6-10-19)23(31-24)21-11-7-12-30-25(21)38-17-20-15-28(20,3)29/h4-7,9-12,18,20,35H,8,13-17H2,1-3H3. The van der Waals surface area contributed by atoms with Crippen molar-refractivity contribution in [2.24, 2.45) is 5.92 Å². The molecule has 10 heteroatoms. The summed E-state index contributed by atoms with van der Waals surface area (Å²) >= 11 is 0. The fourth-order valence-electron chi connectivity index (χ4n) is 4.78. The predicted octanol–water partition coefficient (Wildman–Crippen LogP) is 3.56. The van der Waals surface area contributed by atoms with Gasteiger partial charge in [0, 0.05) is 37.9 Å². The summed E-state index contributed by atoms with van der Waals surface area (Å²) in [4.78, 5) is 36.4. The lowest BCUT2D eigenvalue weighted by molar-refractivity contribution is 0.233. The van der Waals surface area contributed by atoms with Gasteiger partial charge in [-0.05, 0) is 51.3 Å². The van der Waals surface area contributed by atoms with Crippen LogP contribution in [0.4, 0.5) is 4.39 Å². The number of hydrogen-bond donors (Lipinski definition) is 1. The number of aromatic nitrogens is 5. The Morgan fingerprint density at radius 2 is 1.89 bits per heavy atom. The molecule has 3 heterocycles. The third kappa shape index (κ3) is 4.76. The minimum Gasteiger partial charge on any atom is -0.477 e.